The Morgan fingerprint density at radius 1 is 1.18 bits per heavy atom. The van der Waals surface area contributed by atoms with Gasteiger partial charge in [0.2, 0.25) is 10.0 Å². The van der Waals surface area contributed by atoms with Crippen LogP contribution in [0.25, 0.3) is 0 Å². The number of primary sulfonamides is 1. The predicted octanol–water partition coefficient (Wildman–Crippen LogP) is 2.83. The number of anilines is 1. The number of benzene rings is 2. The Balaban J connectivity index is 2.19. The zero-order valence-corrected chi connectivity index (χ0v) is 17.1. The molecule has 0 spiro atoms. The van der Waals surface area contributed by atoms with E-state index in [2.05, 4.69) is 5.32 Å². The summed E-state index contributed by atoms with van der Waals surface area (Å²) in [6.45, 7) is 1.34. The molecule has 2 aromatic carbocycles. The van der Waals surface area contributed by atoms with Crippen LogP contribution < -0.4 is 15.2 Å². The Kier molecular flexibility index (Phi) is 6.89. The van der Waals surface area contributed by atoms with Crippen molar-refractivity contribution >= 4 is 50.8 Å². The third-order valence-corrected chi connectivity index (χ3v) is 5.31. The molecule has 0 aliphatic carbocycles. The molecule has 0 fully saturated rings. The Hall–Kier alpha value is -2.33. The van der Waals surface area contributed by atoms with Gasteiger partial charge in [0.05, 0.1) is 27.7 Å². The van der Waals surface area contributed by atoms with Gasteiger partial charge >= 0.3 is 5.97 Å². The van der Waals surface area contributed by atoms with Gasteiger partial charge in [0.25, 0.3) is 5.91 Å². The average Bonchev–Trinajstić information content (AvgIpc) is 2.63. The highest BCUT2D eigenvalue weighted by molar-refractivity contribution is 7.89. The molecular weight excluding hydrogens is 431 g/mol. The van der Waals surface area contributed by atoms with Crippen LogP contribution in [0.5, 0.6) is 5.75 Å². The summed E-state index contributed by atoms with van der Waals surface area (Å²) in [6, 6.07) is 8.11. The average molecular weight is 447 g/mol. The molecule has 0 heterocycles. The smallest absolute Gasteiger partial charge is 0.342 e. The lowest BCUT2D eigenvalue weighted by Crippen LogP contribution is -2.30. The molecular formula is C17H16Cl2N2O6S. The molecule has 2 aromatic rings. The molecule has 1 atom stereocenters. The molecule has 11 heteroatoms. The van der Waals surface area contributed by atoms with Gasteiger partial charge in [0.15, 0.2) is 6.10 Å². The fourth-order valence-electron chi connectivity index (χ4n) is 2.14. The molecule has 1 unspecified atom stereocenters. The van der Waals surface area contributed by atoms with Gasteiger partial charge in [0, 0.05) is 0 Å². The van der Waals surface area contributed by atoms with E-state index < -0.39 is 28.0 Å². The molecule has 0 bridgehead atoms. The monoisotopic (exact) mass is 446 g/mol. The van der Waals surface area contributed by atoms with Gasteiger partial charge in [-0.15, -0.1) is 0 Å². The van der Waals surface area contributed by atoms with Gasteiger partial charge in [0.1, 0.15) is 11.3 Å². The van der Waals surface area contributed by atoms with Crippen LogP contribution >= 0.6 is 23.2 Å². The number of nitrogens with two attached hydrogens (primary N) is 1. The number of hydrogen-bond donors (Lipinski definition) is 2. The van der Waals surface area contributed by atoms with Crippen LogP contribution in [-0.2, 0) is 19.6 Å². The summed E-state index contributed by atoms with van der Waals surface area (Å²) in [6.07, 6.45) is -1.23. The maximum absolute atomic E-state index is 12.4. The van der Waals surface area contributed by atoms with Crippen molar-refractivity contribution in [3.05, 3.63) is 52.0 Å². The Labute approximate surface area is 171 Å². The number of carbonyl (C=O) groups excluding carboxylic acids is 2. The molecule has 1 amide bonds. The lowest BCUT2D eigenvalue weighted by molar-refractivity contribution is -0.123. The maximum atomic E-state index is 12.4. The first kappa shape index (κ1) is 22.0. The lowest BCUT2D eigenvalue weighted by atomic mass is 10.2. The normalized spacial score (nSPS) is 12.2. The van der Waals surface area contributed by atoms with Crippen molar-refractivity contribution in [2.75, 3.05) is 12.4 Å². The third kappa shape index (κ3) is 5.14. The predicted molar refractivity (Wildman–Crippen MR) is 104 cm³/mol. The standard InChI is InChI=1S/C17H16Cl2N2O6S/c1-9(16(22)21-13-5-3-4-12(18)15(13)19)27-17(23)11-8-10(28(20,24)25)6-7-14(11)26-2/h3-9H,1-2H3,(H,21,22)(H2,20,24,25). The number of rotatable bonds is 6. The van der Waals surface area contributed by atoms with Crippen LogP contribution in [0.1, 0.15) is 17.3 Å². The summed E-state index contributed by atoms with van der Waals surface area (Å²) in [5, 5.41) is 7.94. The number of carbonyl (C=O) groups is 2. The van der Waals surface area contributed by atoms with E-state index in [1.54, 1.807) is 12.1 Å². The first-order valence-electron chi connectivity index (χ1n) is 7.71. The summed E-state index contributed by atoms with van der Waals surface area (Å²) in [4.78, 5) is 24.4. The summed E-state index contributed by atoms with van der Waals surface area (Å²) in [7, 11) is -2.76. The minimum Gasteiger partial charge on any atom is -0.496 e. The largest absolute Gasteiger partial charge is 0.496 e. The van der Waals surface area contributed by atoms with Crippen molar-refractivity contribution in [1.29, 1.82) is 0 Å². The second-order valence-electron chi connectivity index (χ2n) is 5.55. The molecule has 0 saturated carbocycles. The van der Waals surface area contributed by atoms with Crippen molar-refractivity contribution in [2.24, 2.45) is 5.14 Å². The fraction of sp³-hybridized carbons (Fsp3) is 0.176. The number of methoxy groups -OCH3 is 1. The van der Waals surface area contributed by atoms with Crippen molar-refractivity contribution in [1.82, 2.24) is 0 Å². The molecule has 0 aliphatic rings. The van der Waals surface area contributed by atoms with E-state index in [9.17, 15) is 18.0 Å². The molecule has 150 valence electrons. The van der Waals surface area contributed by atoms with E-state index >= 15 is 0 Å². The van der Waals surface area contributed by atoms with E-state index in [-0.39, 0.29) is 31.9 Å². The van der Waals surface area contributed by atoms with Crippen LogP contribution in [0, 0.1) is 0 Å². The highest BCUT2D eigenvalue weighted by Crippen LogP contribution is 2.30. The molecule has 3 N–H and O–H groups in total. The number of esters is 1. The Morgan fingerprint density at radius 2 is 1.86 bits per heavy atom. The van der Waals surface area contributed by atoms with Crippen molar-refractivity contribution in [2.45, 2.75) is 17.9 Å². The molecule has 0 aliphatic heterocycles. The quantitative estimate of drug-likeness (QED) is 0.657. The second kappa shape index (κ2) is 8.78. The van der Waals surface area contributed by atoms with E-state index in [0.29, 0.717) is 0 Å². The van der Waals surface area contributed by atoms with E-state index in [0.717, 1.165) is 6.07 Å². The van der Waals surface area contributed by atoms with Gasteiger partial charge in [-0.25, -0.2) is 18.4 Å². The second-order valence-corrected chi connectivity index (χ2v) is 7.89. The number of hydrogen-bond acceptors (Lipinski definition) is 6. The third-order valence-electron chi connectivity index (χ3n) is 3.58. The lowest BCUT2D eigenvalue weighted by Gasteiger charge is -2.16. The van der Waals surface area contributed by atoms with E-state index in [1.165, 1.54) is 32.2 Å². The van der Waals surface area contributed by atoms with Gasteiger partial charge < -0.3 is 14.8 Å². The van der Waals surface area contributed by atoms with Crippen LogP contribution in [0.4, 0.5) is 5.69 Å². The summed E-state index contributed by atoms with van der Waals surface area (Å²) in [5.41, 5.74) is 0.0466. The highest BCUT2D eigenvalue weighted by atomic mass is 35.5. The topological polar surface area (TPSA) is 125 Å². The molecule has 0 saturated heterocycles. The number of sulfonamides is 1. The van der Waals surface area contributed by atoms with Crippen LogP contribution in [0.15, 0.2) is 41.3 Å². The van der Waals surface area contributed by atoms with Crippen LogP contribution in [0.2, 0.25) is 10.0 Å². The zero-order chi connectivity index (χ0) is 21.1. The zero-order valence-electron chi connectivity index (χ0n) is 14.7. The van der Waals surface area contributed by atoms with Crippen LogP contribution in [0.3, 0.4) is 0 Å². The fourth-order valence-corrected chi connectivity index (χ4v) is 3.02. The number of halogens is 2. The van der Waals surface area contributed by atoms with Gasteiger partial charge in [-0.05, 0) is 37.3 Å². The summed E-state index contributed by atoms with van der Waals surface area (Å²) < 4.78 is 33.1. The molecule has 0 aromatic heterocycles. The minimum absolute atomic E-state index is 0.0582. The Bertz CT molecular complexity index is 1030. The summed E-state index contributed by atoms with van der Waals surface area (Å²) in [5.74, 6) is -1.58. The summed E-state index contributed by atoms with van der Waals surface area (Å²) >= 11 is 11.9. The molecule has 28 heavy (non-hydrogen) atoms. The van der Waals surface area contributed by atoms with Crippen molar-refractivity contribution in [3.63, 3.8) is 0 Å². The first-order valence-corrected chi connectivity index (χ1v) is 10.0. The van der Waals surface area contributed by atoms with Crippen molar-refractivity contribution in [3.8, 4) is 5.75 Å². The Morgan fingerprint density at radius 3 is 2.46 bits per heavy atom. The minimum atomic E-state index is -4.05. The van der Waals surface area contributed by atoms with E-state index in [4.69, 9.17) is 37.8 Å². The van der Waals surface area contributed by atoms with Gasteiger partial charge in [-0.3, -0.25) is 4.79 Å². The van der Waals surface area contributed by atoms with Crippen LogP contribution in [-0.4, -0.2) is 33.5 Å². The van der Waals surface area contributed by atoms with Gasteiger partial charge in [-0.2, -0.15) is 0 Å². The number of ether oxygens (including phenoxy) is 2. The SMILES string of the molecule is COc1ccc(S(N)(=O)=O)cc1C(=O)OC(C)C(=O)Nc1cccc(Cl)c1Cl. The molecule has 0 radical (unpaired) electrons. The number of amides is 1. The van der Waals surface area contributed by atoms with E-state index in [1.807, 2.05) is 0 Å². The molecule has 8 nitrogen and oxygen atoms in total. The molecule has 2 rings (SSSR count). The number of nitrogens with one attached hydrogen (secondary N) is 1. The maximum Gasteiger partial charge on any atom is 0.342 e. The van der Waals surface area contributed by atoms with Gasteiger partial charge in [-0.1, -0.05) is 29.3 Å². The highest BCUT2D eigenvalue weighted by Gasteiger charge is 2.24. The first-order chi connectivity index (χ1) is 13.0. The van der Waals surface area contributed by atoms with Crippen molar-refractivity contribution < 1.29 is 27.5 Å².